The van der Waals surface area contributed by atoms with Gasteiger partial charge >= 0.3 is 5.97 Å². The van der Waals surface area contributed by atoms with Crippen molar-refractivity contribution in [3.05, 3.63) is 41.1 Å². The standard InChI is InChI=1S/C20H22N2O3/c23-18(21-13-10-11-13)12-25-20(24)19-14-6-2-1-3-8-16(14)22-17-9-5-4-7-15(17)19/h4-5,7,9,13H,1-3,6,8,10-12H2,(H,21,23). The van der Waals surface area contributed by atoms with E-state index in [9.17, 15) is 9.59 Å². The van der Waals surface area contributed by atoms with Gasteiger partial charge in [-0.05, 0) is 50.2 Å². The predicted molar refractivity (Wildman–Crippen MR) is 94.4 cm³/mol. The highest BCUT2D eigenvalue weighted by atomic mass is 16.5. The van der Waals surface area contributed by atoms with Gasteiger partial charge in [0.05, 0.1) is 11.1 Å². The van der Waals surface area contributed by atoms with Gasteiger partial charge in [-0.15, -0.1) is 0 Å². The van der Waals surface area contributed by atoms with Crippen LogP contribution in [0.1, 0.15) is 53.7 Å². The van der Waals surface area contributed by atoms with Crippen LogP contribution in [0.5, 0.6) is 0 Å². The maximum atomic E-state index is 12.8. The van der Waals surface area contributed by atoms with Gasteiger partial charge in [0.2, 0.25) is 0 Å². The number of nitrogens with one attached hydrogen (secondary N) is 1. The molecule has 0 bridgehead atoms. The highest BCUT2D eigenvalue weighted by molar-refractivity contribution is 6.05. The number of pyridine rings is 1. The largest absolute Gasteiger partial charge is 0.452 e. The van der Waals surface area contributed by atoms with Crippen LogP contribution in [0.3, 0.4) is 0 Å². The van der Waals surface area contributed by atoms with E-state index in [0.717, 1.165) is 67.1 Å². The number of fused-ring (bicyclic) bond motifs is 2. The third-order valence-corrected chi connectivity index (χ3v) is 4.90. The van der Waals surface area contributed by atoms with Gasteiger partial charge in [-0.25, -0.2) is 4.79 Å². The van der Waals surface area contributed by atoms with Crippen molar-refractivity contribution in [2.75, 3.05) is 6.61 Å². The van der Waals surface area contributed by atoms with Gasteiger partial charge in [0.1, 0.15) is 0 Å². The molecule has 1 amide bonds. The van der Waals surface area contributed by atoms with E-state index in [0.29, 0.717) is 5.56 Å². The summed E-state index contributed by atoms with van der Waals surface area (Å²) in [6, 6.07) is 7.94. The quantitative estimate of drug-likeness (QED) is 0.687. The normalized spacial score (nSPS) is 16.8. The molecule has 1 saturated carbocycles. The summed E-state index contributed by atoms with van der Waals surface area (Å²) in [5.41, 5.74) is 3.42. The van der Waals surface area contributed by atoms with E-state index in [2.05, 4.69) is 5.32 Å². The molecule has 4 rings (SSSR count). The number of rotatable bonds is 4. The van der Waals surface area contributed by atoms with Crippen molar-refractivity contribution in [1.82, 2.24) is 10.3 Å². The lowest BCUT2D eigenvalue weighted by Gasteiger charge is -2.14. The Bertz CT molecular complexity index is 827. The van der Waals surface area contributed by atoms with Crippen molar-refractivity contribution in [3.8, 4) is 0 Å². The lowest BCUT2D eigenvalue weighted by molar-refractivity contribution is -0.124. The maximum Gasteiger partial charge on any atom is 0.339 e. The molecule has 2 aliphatic rings. The average molecular weight is 338 g/mol. The van der Waals surface area contributed by atoms with Crippen molar-refractivity contribution in [2.45, 2.75) is 51.0 Å². The van der Waals surface area contributed by atoms with Crippen molar-refractivity contribution in [3.63, 3.8) is 0 Å². The Hall–Kier alpha value is -2.43. The maximum absolute atomic E-state index is 12.8. The molecule has 0 radical (unpaired) electrons. The van der Waals surface area contributed by atoms with Crippen molar-refractivity contribution >= 4 is 22.8 Å². The lowest BCUT2D eigenvalue weighted by Crippen LogP contribution is -2.30. The SMILES string of the molecule is O=C(COC(=O)c1c2c(nc3ccccc13)CCCCC2)NC1CC1. The molecular formula is C20H22N2O3. The van der Waals surface area contributed by atoms with E-state index >= 15 is 0 Å². The number of amides is 1. The number of esters is 1. The van der Waals surface area contributed by atoms with Crippen molar-refractivity contribution < 1.29 is 14.3 Å². The Morgan fingerprint density at radius 3 is 2.76 bits per heavy atom. The zero-order chi connectivity index (χ0) is 17.2. The number of carbonyl (C=O) groups is 2. The number of nitrogens with zero attached hydrogens (tertiary/aromatic N) is 1. The molecule has 1 aromatic heterocycles. The second kappa shape index (κ2) is 6.82. The summed E-state index contributed by atoms with van der Waals surface area (Å²) in [7, 11) is 0. The molecule has 2 aliphatic carbocycles. The van der Waals surface area contributed by atoms with E-state index < -0.39 is 5.97 Å². The number of hydrogen-bond donors (Lipinski definition) is 1. The van der Waals surface area contributed by atoms with Crippen LogP contribution < -0.4 is 5.32 Å². The number of aryl methyl sites for hydroxylation is 1. The third-order valence-electron chi connectivity index (χ3n) is 4.90. The molecule has 1 N–H and O–H groups in total. The van der Waals surface area contributed by atoms with E-state index in [-0.39, 0.29) is 18.6 Å². The molecule has 0 atom stereocenters. The molecule has 130 valence electrons. The smallest absolute Gasteiger partial charge is 0.339 e. The molecule has 1 fully saturated rings. The number of benzene rings is 1. The lowest BCUT2D eigenvalue weighted by atomic mass is 9.97. The number of carbonyl (C=O) groups excluding carboxylic acids is 2. The Kier molecular flexibility index (Phi) is 4.38. The van der Waals surface area contributed by atoms with Gasteiger partial charge in [-0.2, -0.15) is 0 Å². The fourth-order valence-electron chi connectivity index (χ4n) is 3.48. The summed E-state index contributed by atoms with van der Waals surface area (Å²) in [6.07, 6.45) is 7.05. The van der Waals surface area contributed by atoms with E-state index in [1.165, 1.54) is 0 Å². The number of aromatic nitrogens is 1. The number of hydrogen-bond acceptors (Lipinski definition) is 4. The van der Waals surface area contributed by atoms with Crippen molar-refractivity contribution in [1.29, 1.82) is 0 Å². The Labute approximate surface area is 146 Å². The second-order valence-electron chi connectivity index (χ2n) is 6.91. The summed E-state index contributed by atoms with van der Waals surface area (Å²) in [5.74, 6) is -0.636. The first-order valence-electron chi connectivity index (χ1n) is 9.09. The third kappa shape index (κ3) is 3.50. The molecular weight excluding hydrogens is 316 g/mol. The summed E-state index contributed by atoms with van der Waals surface area (Å²) in [5, 5.41) is 3.66. The summed E-state index contributed by atoms with van der Waals surface area (Å²) >= 11 is 0. The van der Waals surface area contributed by atoms with Gasteiger partial charge in [0, 0.05) is 17.1 Å². The van der Waals surface area contributed by atoms with Crippen molar-refractivity contribution in [2.24, 2.45) is 0 Å². The minimum atomic E-state index is -0.414. The minimum Gasteiger partial charge on any atom is -0.452 e. The molecule has 5 heteroatoms. The molecule has 25 heavy (non-hydrogen) atoms. The topological polar surface area (TPSA) is 68.3 Å². The van der Waals surface area contributed by atoms with Gasteiger partial charge in [-0.3, -0.25) is 9.78 Å². The fraction of sp³-hybridized carbons (Fsp3) is 0.450. The number of para-hydroxylation sites is 1. The molecule has 0 aliphatic heterocycles. The van der Waals surface area contributed by atoms with Crippen LogP contribution in [0.25, 0.3) is 10.9 Å². The molecule has 1 heterocycles. The van der Waals surface area contributed by atoms with Crippen LogP contribution in [0.15, 0.2) is 24.3 Å². The molecule has 2 aromatic rings. The minimum absolute atomic E-state index is 0.221. The zero-order valence-electron chi connectivity index (χ0n) is 14.2. The first kappa shape index (κ1) is 16.1. The molecule has 0 unspecified atom stereocenters. The van der Waals surface area contributed by atoms with Gasteiger partial charge in [0.15, 0.2) is 6.61 Å². The van der Waals surface area contributed by atoms with E-state index in [4.69, 9.17) is 9.72 Å². The first-order chi connectivity index (χ1) is 12.2. The Balaban J connectivity index is 1.65. The van der Waals surface area contributed by atoms with Crippen LogP contribution in [0.4, 0.5) is 0 Å². The number of ether oxygens (including phenoxy) is 1. The molecule has 1 aromatic carbocycles. The van der Waals surface area contributed by atoms with Crippen LogP contribution in [0.2, 0.25) is 0 Å². The van der Waals surface area contributed by atoms with Crippen LogP contribution >= 0.6 is 0 Å². The van der Waals surface area contributed by atoms with Gasteiger partial charge < -0.3 is 10.1 Å². The average Bonchev–Trinajstić information content (AvgIpc) is 3.44. The fourth-order valence-corrected chi connectivity index (χ4v) is 3.48. The van der Waals surface area contributed by atoms with E-state index in [1.807, 2.05) is 24.3 Å². The highest BCUT2D eigenvalue weighted by Crippen LogP contribution is 2.29. The van der Waals surface area contributed by atoms with Crippen LogP contribution in [-0.4, -0.2) is 29.5 Å². The van der Waals surface area contributed by atoms with E-state index in [1.54, 1.807) is 0 Å². The summed E-state index contributed by atoms with van der Waals surface area (Å²) < 4.78 is 5.35. The van der Waals surface area contributed by atoms with Crippen LogP contribution in [-0.2, 0) is 22.4 Å². The molecule has 5 nitrogen and oxygen atoms in total. The highest BCUT2D eigenvalue weighted by Gasteiger charge is 2.25. The molecule has 0 spiro atoms. The van der Waals surface area contributed by atoms with Crippen LogP contribution in [0, 0.1) is 0 Å². The monoisotopic (exact) mass is 338 g/mol. The van der Waals surface area contributed by atoms with Gasteiger partial charge in [-0.1, -0.05) is 24.6 Å². The Morgan fingerprint density at radius 2 is 1.92 bits per heavy atom. The second-order valence-corrected chi connectivity index (χ2v) is 6.91. The predicted octanol–water partition coefficient (Wildman–Crippen LogP) is 2.94. The molecule has 0 saturated heterocycles. The van der Waals surface area contributed by atoms with Gasteiger partial charge in [0.25, 0.3) is 5.91 Å². The Morgan fingerprint density at radius 1 is 1.12 bits per heavy atom. The summed E-state index contributed by atoms with van der Waals surface area (Å²) in [4.78, 5) is 29.4. The summed E-state index contributed by atoms with van der Waals surface area (Å²) in [6.45, 7) is -0.221. The zero-order valence-corrected chi connectivity index (χ0v) is 14.2. The first-order valence-corrected chi connectivity index (χ1v) is 9.09.